The molecule has 1 aliphatic rings. The van der Waals surface area contributed by atoms with Crippen molar-refractivity contribution in [3.05, 3.63) is 24.3 Å². The highest BCUT2D eigenvalue weighted by atomic mass is 32.2. The van der Waals surface area contributed by atoms with Crippen molar-refractivity contribution in [2.24, 2.45) is 5.92 Å². The Morgan fingerprint density at radius 1 is 1.17 bits per heavy atom. The predicted octanol–water partition coefficient (Wildman–Crippen LogP) is 1.56. The molecule has 2 rings (SSSR count). The normalized spacial score (nSPS) is 16.9. The van der Waals surface area contributed by atoms with Crippen LogP contribution in [0.5, 0.6) is 0 Å². The molecule has 0 N–H and O–H groups in total. The van der Waals surface area contributed by atoms with Crippen LogP contribution in [-0.2, 0) is 33.9 Å². The molecular weight excluding hydrogens is 412 g/mol. The van der Waals surface area contributed by atoms with Gasteiger partial charge in [-0.1, -0.05) is 13.8 Å². The van der Waals surface area contributed by atoms with E-state index in [0.29, 0.717) is 18.8 Å². The van der Waals surface area contributed by atoms with E-state index in [-0.39, 0.29) is 29.9 Å². The van der Waals surface area contributed by atoms with E-state index < -0.39 is 34.5 Å². The minimum Gasteiger partial charge on any atom is -0.460 e. The van der Waals surface area contributed by atoms with Crippen LogP contribution < -0.4 is 4.90 Å². The zero-order valence-corrected chi connectivity index (χ0v) is 18.5. The number of nitrogens with zero attached hydrogens (tertiary/aromatic N) is 2. The van der Waals surface area contributed by atoms with Gasteiger partial charge in [-0.2, -0.15) is 4.31 Å². The first-order valence-corrected chi connectivity index (χ1v) is 11.3. The van der Waals surface area contributed by atoms with E-state index in [1.54, 1.807) is 39.8 Å². The number of amides is 1. The van der Waals surface area contributed by atoms with Gasteiger partial charge in [-0.15, -0.1) is 0 Å². The Bertz CT molecular complexity index is 877. The lowest BCUT2D eigenvalue weighted by Crippen LogP contribution is -2.30. The smallest absolute Gasteiger partial charge is 0.344 e. The topological polar surface area (TPSA) is 110 Å². The summed E-state index contributed by atoms with van der Waals surface area (Å²) in [5.41, 5.74) is 0.494. The predicted molar refractivity (Wildman–Crippen MR) is 109 cm³/mol. The Labute approximate surface area is 177 Å². The van der Waals surface area contributed by atoms with Crippen LogP contribution >= 0.6 is 0 Å². The molecule has 1 aromatic rings. The summed E-state index contributed by atoms with van der Waals surface area (Å²) in [6.07, 6.45) is -0.356. The maximum absolute atomic E-state index is 12.6. The second-order valence-electron chi connectivity index (χ2n) is 7.13. The van der Waals surface area contributed by atoms with Crippen LogP contribution in [0, 0.1) is 5.92 Å². The number of esters is 2. The van der Waals surface area contributed by atoms with Crippen molar-refractivity contribution in [1.29, 1.82) is 0 Å². The summed E-state index contributed by atoms with van der Waals surface area (Å²) in [6.45, 7) is 7.22. The van der Waals surface area contributed by atoms with Gasteiger partial charge in [0, 0.05) is 31.7 Å². The molecule has 30 heavy (non-hydrogen) atoms. The molecule has 0 saturated carbocycles. The molecule has 1 fully saturated rings. The summed E-state index contributed by atoms with van der Waals surface area (Å²) in [6, 6.07) is 5.98. The van der Waals surface area contributed by atoms with Crippen LogP contribution in [0.25, 0.3) is 0 Å². The third-order valence-corrected chi connectivity index (χ3v) is 6.71. The summed E-state index contributed by atoms with van der Waals surface area (Å²) in [5, 5.41) is 0. The van der Waals surface area contributed by atoms with Gasteiger partial charge in [0.1, 0.15) is 0 Å². The average molecular weight is 441 g/mol. The fraction of sp³-hybridized carbons (Fsp3) is 0.550. The number of anilines is 1. The number of hydrogen-bond donors (Lipinski definition) is 0. The molecule has 0 aliphatic carbocycles. The maximum Gasteiger partial charge on any atom is 0.344 e. The Morgan fingerprint density at radius 3 is 2.30 bits per heavy atom. The summed E-state index contributed by atoms with van der Waals surface area (Å²) in [5.74, 6) is -2.28. The molecule has 1 aromatic carbocycles. The molecule has 1 heterocycles. The first kappa shape index (κ1) is 23.8. The van der Waals surface area contributed by atoms with Crippen molar-refractivity contribution in [1.82, 2.24) is 4.31 Å². The summed E-state index contributed by atoms with van der Waals surface area (Å²) in [4.78, 5) is 37.6. The van der Waals surface area contributed by atoms with Crippen LogP contribution in [0.15, 0.2) is 29.2 Å². The van der Waals surface area contributed by atoms with Gasteiger partial charge in [0.05, 0.1) is 16.9 Å². The first-order chi connectivity index (χ1) is 14.1. The van der Waals surface area contributed by atoms with Crippen molar-refractivity contribution in [3.63, 3.8) is 0 Å². The van der Waals surface area contributed by atoms with Crippen molar-refractivity contribution in [2.45, 2.75) is 45.1 Å². The maximum atomic E-state index is 12.6. The lowest BCUT2D eigenvalue weighted by Gasteiger charge is -2.20. The van der Waals surface area contributed by atoms with Crippen LogP contribution in [0.3, 0.4) is 0 Å². The molecule has 166 valence electrons. The molecular formula is C20H28N2O7S. The van der Waals surface area contributed by atoms with Crippen LogP contribution in [-0.4, -0.2) is 62.9 Å². The minimum absolute atomic E-state index is 0.0441. The van der Waals surface area contributed by atoms with E-state index in [1.807, 2.05) is 0 Å². The zero-order chi connectivity index (χ0) is 22.5. The van der Waals surface area contributed by atoms with Crippen molar-refractivity contribution >= 4 is 33.6 Å². The number of carbonyl (C=O) groups excluding carboxylic acids is 3. The number of ether oxygens (including phenoxy) is 2. The van der Waals surface area contributed by atoms with Gasteiger partial charge in [-0.25, -0.2) is 13.2 Å². The Hall–Kier alpha value is -2.46. The summed E-state index contributed by atoms with van der Waals surface area (Å²) in [7, 11) is -3.59. The summed E-state index contributed by atoms with van der Waals surface area (Å²) < 4.78 is 36.4. The number of benzene rings is 1. The zero-order valence-electron chi connectivity index (χ0n) is 17.7. The lowest BCUT2D eigenvalue weighted by atomic mass is 10.1. The van der Waals surface area contributed by atoms with Crippen LogP contribution in [0.2, 0.25) is 0 Å². The van der Waals surface area contributed by atoms with E-state index in [0.717, 1.165) is 0 Å². The van der Waals surface area contributed by atoms with E-state index in [9.17, 15) is 22.8 Å². The average Bonchev–Trinajstić information content (AvgIpc) is 3.08. The molecule has 1 amide bonds. The number of hydrogen-bond acceptors (Lipinski definition) is 7. The molecule has 1 aliphatic heterocycles. The molecule has 1 atom stereocenters. The number of carbonyl (C=O) groups is 3. The van der Waals surface area contributed by atoms with E-state index >= 15 is 0 Å². The fourth-order valence-electron chi connectivity index (χ4n) is 3.17. The highest BCUT2D eigenvalue weighted by Crippen LogP contribution is 2.27. The molecule has 1 unspecified atom stereocenters. The third-order valence-electron chi connectivity index (χ3n) is 4.65. The van der Waals surface area contributed by atoms with E-state index in [4.69, 9.17) is 9.47 Å². The standard InChI is InChI=1S/C20H28N2O7S/c1-5-21(6-2)30(26,27)17-9-7-16(8-10-17)22-12-15(11-18(22)23)20(25)28-13-19(24)29-14(3)4/h7-10,14-15H,5-6,11-13H2,1-4H3. The van der Waals surface area contributed by atoms with Gasteiger partial charge in [0.25, 0.3) is 0 Å². The monoisotopic (exact) mass is 440 g/mol. The van der Waals surface area contributed by atoms with Crippen molar-refractivity contribution < 1.29 is 32.3 Å². The van der Waals surface area contributed by atoms with Crippen molar-refractivity contribution in [2.75, 3.05) is 31.1 Å². The second-order valence-corrected chi connectivity index (χ2v) is 9.07. The summed E-state index contributed by atoms with van der Waals surface area (Å²) >= 11 is 0. The number of sulfonamides is 1. The van der Waals surface area contributed by atoms with E-state index in [2.05, 4.69) is 0 Å². The fourth-order valence-corrected chi connectivity index (χ4v) is 4.63. The number of rotatable bonds is 9. The Kier molecular flexibility index (Phi) is 7.96. The molecule has 1 saturated heterocycles. The van der Waals surface area contributed by atoms with Crippen LogP contribution in [0.4, 0.5) is 5.69 Å². The minimum atomic E-state index is -3.59. The third kappa shape index (κ3) is 5.57. The Morgan fingerprint density at radius 2 is 1.77 bits per heavy atom. The first-order valence-electron chi connectivity index (χ1n) is 9.86. The van der Waals surface area contributed by atoms with Crippen LogP contribution in [0.1, 0.15) is 34.1 Å². The molecule has 0 radical (unpaired) electrons. The van der Waals surface area contributed by atoms with Gasteiger partial charge in [0.2, 0.25) is 15.9 Å². The highest BCUT2D eigenvalue weighted by Gasteiger charge is 2.36. The quantitative estimate of drug-likeness (QED) is 0.536. The van der Waals surface area contributed by atoms with E-state index in [1.165, 1.54) is 21.3 Å². The van der Waals surface area contributed by atoms with Gasteiger partial charge in [-0.3, -0.25) is 9.59 Å². The molecule has 0 spiro atoms. The SMILES string of the molecule is CCN(CC)S(=O)(=O)c1ccc(N2CC(C(=O)OCC(=O)OC(C)C)CC2=O)cc1. The molecule has 0 aromatic heterocycles. The van der Waals surface area contributed by atoms with Gasteiger partial charge in [-0.05, 0) is 38.1 Å². The molecule has 0 bridgehead atoms. The lowest BCUT2D eigenvalue weighted by molar-refractivity contribution is -0.163. The molecule has 9 nitrogen and oxygen atoms in total. The van der Waals surface area contributed by atoms with Gasteiger partial charge in [0.15, 0.2) is 6.61 Å². The van der Waals surface area contributed by atoms with Gasteiger partial charge >= 0.3 is 11.9 Å². The highest BCUT2D eigenvalue weighted by molar-refractivity contribution is 7.89. The van der Waals surface area contributed by atoms with Gasteiger partial charge < -0.3 is 14.4 Å². The largest absolute Gasteiger partial charge is 0.460 e. The van der Waals surface area contributed by atoms with Crippen molar-refractivity contribution in [3.8, 4) is 0 Å². The Balaban J connectivity index is 2.03. The second kappa shape index (κ2) is 10.0. The molecule has 10 heteroatoms.